The number of rotatable bonds is 2. The fourth-order valence-electron chi connectivity index (χ4n) is 3.73. The number of carbonyl (C=O) groups excluding carboxylic acids is 1. The van der Waals surface area contributed by atoms with Gasteiger partial charge in [-0.3, -0.25) is 4.79 Å². The molecule has 2 aromatic carbocycles. The maximum absolute atomic E-state index is 12.9. The number of ketones is 1. The van der Waals surface area contributed by atoms with E-state index in [1.165, 1.54) is 0 Å². The van der Waals surface area contributed by atoms with E-state index in [1.54, 1.807) is 0 Å². The Hall–Kier alpha value is -2.86. The summed E-state index contributed by atoms with van der Waals surface area (Å²) in [4.78, 5) is 15.0. The standard InChI is InChI=1S/C20H16N2O/c21-13-16-12-18(20(23)15-7-2-1-3-8-15)22-11-10-14-6-4-5-9-17(14)19(16)22/h1-11,16,18-19H,12H2/t16-,18-,19+/m0/s1. The molecule has 2 aromatic rings. The number of hydrogen-bond acceptors (Lipinski definition) is 3. The van der Waals surface area contributed by atoms with Gasteiger partial charge in [-0.15, -0.1) is 0 Å². The summed E-state index contributed by atoms with van der Waals surface area (Å²) in [5, 5.41) is 9.59. The maximum atomic E-state index is 12.9. The molecule has 23 heavy (non-hydrogen) atoms. The molecule has 2 aliphatic rings. The lowest BCUT2D eigenvalue weighted by Crippen LogP contribution is -2.35. The van der Waals surface area contributed by atoms with E-state index in [2.05, 4.69) is 23.1 Å². The predicted octanol–water partition coefficient (Wildman–Crippen LogP) is 3.81. The van der Waals surface area contributed by atoms with Crippen molar-refractivity contribution in [3.8, 4) is 6.07 Å². The van der Waals surface area contributed by atoms with Crippen LogP contribution in [0.5, 0.6) is 0 Å². The molecule has 0 spiro atoms. The lowest BCUT2D eigenvalue weighted by molar-refractivity contribution is 0.0885. The van der Waals surface area contributed by atoms with Crippen LogP contribution in [0.25, 0.3) is 6.08 Å². The van der Waals surface area contributed by atoms with E-state index in [4.69, 9.17) is 0 Å². The van der Waals surface area contributed by atoms with Crippen LogP contribution in [-0.2, 0) is 0 Å². The van der Waals surface area contributed by atoms with Crippen molar-refractivity contribution in [3.63, 3.8) is 0 Å². The first kappa shape index (κ1) is 13.8. The van der Waals surface area contributed by atoms with Crippen molar-refractivity contribution in [2.24, 2.45) is 5.92 Å². The van der Waals surface area contributed by atoms with E-state index in [0.717, 1.165) is 11.1 Å². The van der Waals surface area contributed by atoms with Gasteiger partial charge in [0.2, 0.25) is 0 Å². The Bertz CT molecular complexity index is 819. The molecular weight excluding hydrogens is 284 g/mol. The third kappa shape index (κ3) is 2.15. The molecule has 112 valence electrons. The van der Waals surface area contributed by atoms with Gasteiger partial charge in [0.05, 0.1) is 24.1 Å². The number of nitrogens with zero attached hydrogens (tertiary/aromatic N) is 2. The fourth-order valence-corrected chi connectivity index (χ4v) is 3.73. The summed E-state index contributed by atoms with van der Waals surface area (Å²) < 4.78 is 0. The van der Waals surface area contributed by atoms with E-state index in [-0.39, 0.29) is 23.8 Å². The average Bonchev–Trinajstić information content (AvgIpc) is 3.01. The predicted molar refractivity (Wildman–Crippen MR) is 88.3 cm³/mol. The van der Waals surface area contributed by atoms with Gasteiger partial charge in [-0.25, -0.2) is 0 Å². The van der Waals surface area contributed by atoms with Crippen LogP contribution < -0.4 is 0 Å². The van der Waals surface area contributed by atoms with E-state index >= 15 is 0 Å². The van der Waals surface area contributed by atoms with E-state index in [0.29, 0.717) is 12.0 Å². The Balaban J connectivity index is 1.74. The maximum Gasteiger partial charge on any atom is 0.185 e. The summed E-state index contributed by atoms with van der Waals surface area (Å²) >= 11 is 0. The molecule has 0 saturated carbocycles. The molecule has 1 saturated heterocycles. The molecule has 0 radical (unpaired) electrons. The number of nitriles is 1. The second-order valence-electron chi connectivity index (χ2n) is 6.05. The molecule has 0 N–H and O–H groups in total. The van der Waals surface area contributed by atoms with Gasteiger partial charge < -0.3 is 4.90 Å². The first-order valence-electron chi connectivity index (χ1n) is 7.83. The topological polar surface area (TPSA) is 44.1 Å². The van der Waals surface area contributed by atoms with Crippen LogP contribution in [0.15, 0.2) is 60.8 Å². The Morgan fingerprint density at radius 2 is 1.83 bits per heavy atom. The smallest absolute Gasteiger partial charge is 0.185 e. The van der Waals surface area contributed by atoms with Gasteiger partial charge in [0, 0.05) is 11.8 Å². The Morgan fingerprint density at radius 3 is 2.61 bits per heavy atom. The van der Waals surface area contributed by atoms with Crippen LogP contribution in [-0.4, -0.2) is 16.7 Å². The minimum Gasteiger partial charge on any atom is -0.359 e. The minimum atomic E-state index is -0.267. The van der Waals surface area contributed by atoms with Crippen molar-refractivity contribution in [3.05, 3.63) is 77.5 Å². The van der Waals surface area contributed by atoms with E-state index < -0.39 is 0 Å². The minimum absolute atomic E-state index is 0.0288. The number of carbonyl (C=O) groups is 1. The third-order valence-electron chi connectivity index (χ3n) is 4.81. The Kier molecular flexibility index (Phi) is 3.24. The highest BCUT2D eigenvalue weighted by atomic mass is 16.1. The van der Waals surface area contributed by atoms with Crippen LogP contribution in [0.4, 0.5) is 0 Å². The molecule has 3 heteroatoms. The van der Waals surface area contributed by atoms with Gasteiger partial charge in [-0.2, -0.15) is 5.26 Å². The Morgan fingerprint density at radius 1 is 1.09 bits per heavy atom. The van der Waals surface area contributed by atoms with Gasteiger partial charge in [0.15, 0.2) is 5.78 Å². The van der Waals surface area contributed by atoms with E-state index in [1.807, 2.05) is 54.7 Å². The van der Waals surface area contributed by atoms with Crippen molar-refractivity contribution in [2.75, 3.05) is 0 Å². The summed E-state index contributed by atoms with van der Waals surface area (Å²) in [7, 11) is 0. The zero-order valence-electron chi connectivity index (χ0n) is 12.6. The largest absolute Gasteiger partial charge is 0.359 e. The second-order valence-corrected chi connectivity index (χ2v) is 6.05. The van der Waals surface area contributed by atoms with Gasteiger partial charge >= 0.3 is 0 Å². The summed E-state index contributed by atoms with van der Waals surface area (Å²) in [6.45, 7) is 0. The van der Waals surface area contributed by atoms with Gasteiger partial charge in [-0.1, -0.05) is 54.6 Å². The lowest BCUT2D eigenvalue weighted by atomic mass is 9.89. The molecule has 2 aliphatic heterocycles. The quantitative estimate of drug-likeness (QED) is 0.792. The zero-order valence-corrected chi connectivity index (χ0v) is 12.6. The number of benzene rings is 2. The Labute approximate surface area is 135 Å². The highest BCUT2D eigenvalue weighted by Gasteiger charge is 2.45. The second kappa shape index (κ2) is 5.40. The fraction of sp³-hybridized carbons (Fsp3) is 0.200. The molecule has 3 nitrogen and oxygen atoms in total. The molecule has 0 amide bonds. The van der Waals surface area contributed by atoms with Gasteiger partial charge in [0.25, 0.3) is 0 Å². The third-order valence-corrected chi connectivity index (χ3v) is 4.81. The summed E-state index contributed by atoms with van der Waals surface area (Å²) in [5.41, 5.74) is 2.99. The first-order valence-corrected chi connectivity index (χ1v) is 7.83. The van der Waals surface area contributed by atoms with Crippen LogP contribution in [0.3, 0.4) is 0 Å². The van der Waals surface area contributed by atoms with Crippen molar-refractivity contribution in [2.45, 2.75) is 18.5 Å². The average molecular weight is 300 g/mol. The molecule has 0 bridgehead atoms. The molecule has 1 fully saturated rings. The normalized spacial score (nSPS) is 24.7. The molecule has 0 aromatic heterocycles. The number of fused-ring (bicyclic) bond motifs is 3. The van der Waals surface area contributed by atoms with Crippen molar-refractivity contribution >= 4 is 11.9 Å². The summed E-state index contributed by atoms with van der Waals surface area (Å²) in [5.74, 6) is -0.0730. The highest BCUT2D eigenvalue weighted by Crippen LogP contribution is 2.45. The zero-order chi connectivity index (χ0) is 15.8. The van der Waals surface area contributed by atoms with E-state index in [9.17, 15) is 10.1 Å². The summed E-state index contributed by atoms with van der Waals surface area (Å²) in [6, 6.07) is 19.6. The first-order chi connectivity index (χ1) is 11.3. The molecule has 4 rings (SSSR count). The SMILES string of the molecule is N#C[C@@H]1C[C@@H](C(=O)c2ccccc2)N2C=Cc3ccccc3[C@@H]12. The lowest BCUT2D eigenvalue weighted by Gasteiger charge is -2.33. The summed E-state index contributed by atoms with van der Waals surface area (Å²) in [6.07, 6.45) is 4.60. The van der Waals surface area contributed by atoms with Crippen LogP contribution >= 0.6 is 0 Å². The van der Waals surface area contributed by atoms with Crippen LogP contribution in [0, 0.1) is 17.2 Å². The van der Waals surface area contributed by atoms with Crippen LogP contribution in [0.2, 0.25) is 0 Å². The van der Waals surface area contributed by atoms with Gasteiger partial charge in [0.1, 0.15) is 0 Å². The van der Waals surface area contributed by atoms with Crippen molar-refractivity contribution < 1.29 is 4.79 Å². The molecule has 0 unspecified atom stereocenters. The van der Waals surface area contributed by atoms with Crippen molar-refractivity contribution in [1.29, 1.82) is 5.26 Å². The van der Waals surface area contributed by atoms with Gasteiger partial charge in [-0.05, 0) is 23.6 Å². The molecule has 2 heterocycles. The van der Waals surface area contributed by atoms with Crippen molar-refractivity contribution in [1.82, 2.24) is 4.90 Å². The van der Waals surface area contributed by atoms with Crippen LogP contribution in [0.1, 0.15) is 33.9 Å². The highest BCUT2D eigenvalue weighted by molar-refractivity contribution is 6.00. The molecule has 3 atom stereocenters. The molecular formula is C20H16N2O. The monoisotopic (exact) mass is 300 g/mol. The number of Topliss-reactive ketones (excluding diaryl/α,β-unsaturated/α-hetero) is 1. The number of hydrogen-bond donors (Lipinski definition) is 0. The molecule has 0 aliphatic carbocycles.